The molecule has 1 amide bonds. The first-order chi connectivity index (χ1) is 10.5. The van der Waals surface area contributed by atoms with Gasteiger partial charge in [0.1, 0.15) is 0 Å². The Morgan fingerprint density at radius 1 is 1.14 bits per heavy atom. The highest BCUT2D eigenvalue weighted by atomic mass is 16.2. The summed E-state index contributed by atoms with van der Waals surface area (Å²) >= 11 is 0. The molecule has 0 heterocycles. The molecule has 0 aromatic heterocycles. The van der Waals surface area contributed by atoms with E-state index in [-0.39, 0.29) is 17.2 Å². The lowest BCUT2D eigenvalue weighted by molar-refractivity contribution is -0.122. The smallest absolute Gasteiger partial charge is 0.223 e. The highest BCUT2D eigenvalue weighted by molar-refractivity contribution is 5.81. The van der Waals surface area contributed by atoms with Crippen molar-refractivity contribution in [2.75, 3.05) is 26.7 Å². The molecule has 0 aromatic carbocycles. The van der Waals surface area contributed by atoms with Crippen molar-refractivity contribution in [1.82, 2.24) is 16.0 Å². The zero-order valence-corrected chi connectivity index (χ0v) is 14.8. The Morgan fingerprint density at radius 3 is 2.41 bits per heavy atom. The van der Waals surface area contributed by atoms with Gasteiger partial charge in [0.2, 0.25) is 5.91 Å². The van der Waals surface area contributed by atoms with E-state index in [1.165, 1.54) is 25.7 Å². The molecule has 0 bridgehead atoms. The molecule has 0 aliphatic heterocycles. The second kappa shape index (κ2) is 9.70. The van der Waals surface area contributed by atoms with Crippen LogP contribution in [0.4, 0.5) is 0 Å². The largest absolute Gasteiger partial charge is 0.356 e. The van der Waals surface area contributed by atoms with Gasteiger partial charge in [0.05, 0.1) is 0 Å². The highest BCUT2D eigenvalue weighted by Crippen LogP contribution is 2.28. The second-order valence-corrected chi connectivity index (χ2v) is 7.04. The Hall–Kier alpha value is -1.26. The van der Waals surface area contributed by atoms with Gasteiger partial charge < -0.3 is 16.0 Å². The zero-order valence-electron chi connectivity index (χ0n) is 14.8. The van der Waals surface area contributed by atoms with Crippen LogP contribution in [0.15, 0.2) is 4.99 Å². The van der Waals surface area contributed by atoms with E-state index in [1.54, 1.807) is 7.05 Å². The Balaban J connectivity index is 2.14. The van der Waals surface area contributed by atoms with Gasteiger partial charge in [-0.05, 0) is 24.7 Å². The van der Waals surface area contributed by atoms with Crippen molar-refractivity contribution in [3.8, 4) is 0 Å². The van der Waals surface area contributed by atoms with Crippen molar-refractivity contribution in [3.63, 3.8) is 0 Å². The second-order valence-electron chi connectivity index (χ2n) is 7.04. The molecule has 5 nitrogen and oxygen atoms in total. The summed E-state index contributed by atoms with van der Waals surface area (Å²) in [5, 5.41) is 9.58. The number of nitrogens with one attached hydrogen (secondary N) is 3. The Labute approximate surface area is 135 Å². The summed E-state index contributed by atoms with van der Waals surface area (Å²) in [6.45, 7) is 9.08. The SMILES string of the molecule is CCCCCC(C)(C)CNC(=NC)NCCNC(=O)C1CC1. The Bertz CT molecular complexity index is 362. The molecule has 1 saturated carbocycles. The van der Waals surface area contributed by atoms with Crippen molar-refractivity contribution >= 4 is 11.9 Å². The summed E-state index contributed by atoms with van der Waals surface area (Å²) < 4.78 is 0. The molecule has 128 valence electrons. The van der Waals surface area contributed by atoms with Crippen LogP contribution in [-0.2, 0) is 4.79 Å². The van der Waals surface area contributed by atoms with Gasteiger partial charge in [0.15, 0.2) is 5.96 Å². The summed E-state index contributed by atoms with van der Waals surface area (Å²) in [5.41, 5.74) is 0.271. The van der Waals surface area contributed by atoms with Crippen LogP contribution in [0.5, 0.6) is 0 Å². The van der Waals surface area contributed by atoms with Gasteiger partial charge in [-0.3, -0.25) is 9.79 Å². The molecule has 0 spiro atoms. The lowest BCUT2D eigenvalue weighted by Crippen LogP contribution is -2.44. The van der Waals surface area contributed by atoms with Crippen molar-refractivity contribution < 1.29 is 4.79 Å². The van der Waals surface area contributed by atoms with Crippen molar-refractivity contribution in [2.45, 2.75) is 59.3 Å². The van der Waals surface area contributed by atoms with Gasteiger partial charge in [-0.25, -0.2) is 0 Å². The molecule has 1 aliphatic carbocycles. The third kappa shape index (κ3) is 8.25. The van der Waals surface area contributed by atoms with E-state index in [9.17, 15) is 4.79 Å². The van der Waals surface area contributed by atoms with E-state index in [0.29, 0.717) is 13.1 Å². The van der Waals surface area contributed by atoms with Crippen LogP contribution in [0.25, 0.3) is 0 Å². The predicted octanol–water partition coefficient (Wildman–Crippen LogP) is 2.28. The molecule has 1 rings (SSSR count). The third-order valence-electron chi connectivity index (χ3n) is 4.08. The van der Waals surface area contributed by atoms with Gasteiger partial charge in [-0.1, -0.05) is 40.0 Å². The molecule has 22 heavy (non-hydrogen) atoms. The van der Waals surface area contributed by atoms with Gasteiger partial charge in [-0.15, -0.1) is 0 Å². The van der Waals surface area contributed by atoms with E-state index in [4.69, 9.17) is 0 Å². The number of aliphatic imine (C=N–C) groups is 1. The minimum Gasteiger partial charge on any atom is -0.356 e. The molecular formula is C17H34N4O. The average molecular weight is 310 g/mol. The van der Waals surface area contributed by atoms with Crippen molar-refractivity contribution in [2.24, 2.45) is 16.3 Å². The van der Waals surface area contributed by atoms with E-state index in [2.05, 4.69) is 41.7 Å². The maximum atomic E-state index is 11.5. The maximum absolute atomic E-state index is 11.5. The summed E-state index contributed by atoms with van der Waals surface area (Å²) in [7, 11) is 1.78. The number of guanidine groups is 1. The third-order valence-corrected chi connectivity index (χ3v) is 4.08. The van der Waals surface area contributed by atoms with Gasteiger partial charge in [0, 0.05) is 32.6 Å². The first-order valence-corrected chi connectivity index (χ1v) is 8.70. The Kier molecular flexibility index (Phi) is 8.28. The minimum absolute atomic E-state index is 0.196. The number of hydrogen-bond donors (Lipinski definition) is 3. The molecule has 0 aromatic rings. The standard InChI is InChI=1S/C17H34N4O/c1-5-6-7-10-17(2,3)13-21-16(18-4)20-12-11-19-15(22)14-8-9-14/h14H,5-13H2,1-4H3,(H,19,22)(H2,18,20,21). The van der Waals surface area contributed by atoms with Crippen LogP contribution >= 0.6 is 0 Å². The van der Waals surface area contributed by atoms with Crippen LogP contribution in [0.1, 0.15) is 59.3 Å². The molecular weight excluding hydrogens is 276 g/mol. The minimum atomic E-state index is 0.196. The van der Waals surface area contributed by atoms with Crippen LogP contribution in [0, 0.1) is 11.3 Å². The number of carbonyl (C=O) groups is 1. The molecule has 3 N–H and O–H groups in total. The fraction of sp³-hybridized carbons (Fsp3) is 0.882. The zero-order chi connectivity index (χ0) is 16.4. The molecule has 5 heteroatoms. The maximum Gasteiger partial charge on any atom is 0.223 e. The van der Waals surface area contributed by atoms with Crippen LogP contribution in [0.3, 0.4) is 0 Å². The fourth-order valence-electron chi connectivity index (χ4n) is 2.34. The number of carbonyl (C=O) groups excluding carboxylic acids is 1. The number of rotatable bonds is 10. The number of amides is 1. The normalized spacial score (nSPS) is 15.5. The van der Waals surface area contributed by atoms with E-state index < -0.39 is 0 Å². The molecule has 0 saturated heterocycles. The lowest BCUT2D eigenvalue weighted by Gasteiger charge is -2.26. The van der Waals surface area contributed by atoms with Gasteiger partial charge in [-0.2, -0.15) is 0 Å². The highest BCUT2D eigenvalue weighted by Gasteiger charge is 2.28. The molecule has 0 unspecified atom stereocenters. The first kappa shape index (κ1) is 18.8. The van der Waals surface area contributed by atoms with Crippen LogP contribution in [-0.4, -0.2) is 38.5 Å². The summed E-state index contributed by atoms with van der Waals surface area (Å²) in [5.74, 6) is 1.28. The number of unbranched alkanes of at least 4 members (excludes halogenated alkanes) is 2. The van der Waals surface area contributed by atoms with Crippen LogP contribution in [0.2, 0.25) is 0 Å². The summed E-state index contributed by atoms with van der Waals surface area (Å²) in [4.78, 5) is 15.8. The Morgan fingerprint density at radius 2 is 1.82 bits per heavy atom. The fourth-order valence-corrected chi connectivity index (χ4v) is 2.34. The van der Waals surface area contributed by atoms with Crippen molar-refractivity contribution in [1.29, 1.82) is 0 Å². The quantitative estimate of drug-likeness (QED) is 0.329. The van der Waals surface area contributed by atoms with Gasteiger partial charge in [0.25, 0.3) is 0 Å². The van der Waals surface area contributed by atoms with Crippen LogP contribution < -0.4 is 16.0 Å². The summed E-state index contributed by atoms with van der Waals surface area (Å²) in [6, 6.07) is 0. The van der Waals surface area contributed by atoms with E-state index >= 15 is 0 Å². The van der Waals surface area contributed by atoms with E-state index in [0.717, 1.165) is 25.3 Å². The lowest BCUT2D eigenvalue weighted by atomic mass is 9.87. The molecule has 1 fully saturated rings. The summed E-state index contributed by atoms with van der Waals surface area (Å²) in [6.07, 6.45) is 7.17. The number of hydrogen-bond acceptors (Lipinski definition) is 2. The molecule has 1 aliphatic rings. The molecule has 0 atom stereocenters. The molecule has 0 radical (unpaired) electrons. The predicted molar refractivity (Wildman–Crippen MR) is 93.0 cm³/mol. The number of nitrogens with zero attached hydrogens (tertiary/aromatic N) is 1. The topological polar surface area (TPSA) is 65.5 Å². The van der Waals surface area contributed by atoms with Crippen molar-refractivity contribution in [3.05, 3.63) is 0 Å². The van der Waals surface area contributed by atoms with Gasteiger partial charge >= 0.3 is 0 Å². The first-order valence-electron chi connectivity index (χ1n) is 8.70. The monoisotopic (exact) mass is 310 g/mol. The van der Waals surface area contributed by atoms with E-state index in [1.807, 2.05) is 0 Å². The average Bonchev–Trinajstić information content (AvgIpc) is 3.31.